The first-order chi connectivity index (χ1) is 9.55. The average Bonchev–Trinajstić information content (AvgIpc) is 2.43. The molecule has 9 heteroatoms. The Bertz CT molecular complexity index is 599. The third kappa shape index (κ3) is 4.12. The van der Waals surface area contributed by atoms with Crippen LogP contribution in [0.25, 0.3) is 0 Å². The summed E-state index contributed by atoms with van der Waals surface area (Å²) in [6.45, 7) is 2.80. The highest BCUT2D eigenvalue weighted by atomic mass is 31.2. The van der Waals surface area contributed by atoms with Gasteiger partial charge in [-0.15, -0.1) is 0 Å². The Morgan fingerprint density at radius 2 is 1.81 bits per heavy atom. The van der Waals surface area contributed by atoms with Gasteiger partial charge >= 0.3 is 13.6 Å². The van der Waals surface area contributed by atoms with E-state index in [9.17, 15) is 14.2 Å². The minimum Gasteiger partial charge on any atom is -0.481 e. The molecule has 21 heavy (non-hydrogen) atoms. The van der Waals surface area contributed by atoms with Crippen molar-refractivity contribution >= 4 is 30.5 Å². The summed E-state index contributed by atoms with van der Waals surface area (Å²) in [6.07, 6.45) is 0. The highest BCUT2D eigenvalue weighted by Gasteiger charge is 2.29. The first-order valence-corrected chi connectivity index (χ1v) is 7.64. The van der Waals surface area contributed by atoms with Crippen molar-refractivity contribution < 1.29 is 29.0 Å². The standard InChI is InChI=1S/C12H17N2O6P/c1-7(8(2)12(16)17)11(15)14(13)9-4-3-5-10(6-9)21(18,19)20/h3-8H,13H2,1-2H3,(H,16,17)(H2,18,19,20). The van der Waals surface area contributed by atoms with Gasteiger partial charge in [-0.3, -0.25) is 14.2 Å². The first kappa shape index (κ1) is 17.3. The molecule has 116 valence electrons. The molecular weight excluding hydrogens is 299 g/mol. The van der Waals surface area contributed by atoms with Crippen molar-refractivity contribution in [3.8, 4) is 0 Å². The molecule has 8 nitrogen and oxygen atoms in total. The molecule has 1 aromatic rings. The highest BCUT2D eigenvalue weighted by Crippen LogP contribution is 2.34. The molecule has 5 N–H and O–H groups in total. The van der Waals surface area contributed by atoms with Gasteiger partial charge in [0.1, 0.15) is 0 Å². The van der Waals surface area contributed by atoms with Crippen LogP contribution in [-0.4, -0.2) is 26.8 Å². The van der Waals surface area contributed by atoms with Crippen molar-refractivity contribution in [2.24, 2.45) is 17.7 Å². The second-order valence-corrected chi connectivity index (χ2v) is 6.29. The summed E-state index contributed by atoms with van der Waals surface area (Å²) in [5.74, 6) is 2.02. The van der Waals surface area contributed by atoms with Gasteiger partial charge in [0.25, 0.3) is 0 Å². The number of hydrazine groups is 1. The number of nitrogens with zero attached hydrogens (tertiary/aromatic N) is 1. The third-order valence-corrected chi connectivity index (χ3v) is 4.16. The van der Waals surface area contributed by atoms with E-state index in [0.717, 1.165) is 6.07 Å². The molecule has 0 heterocycles. The van der Waals surface area contributed by atoms with E-state index in [4.69, 9.17) is 20.7 Å². The Labute approximate surface area is 121 Å². The van der Waals surface area contributed by atoms with Crippen molar-refractivity contribution in [3.63, 3.8) is 0 Å². The van der Waals surface area contributed by atoms with Crippen LogP contribution in [0.3, 0.4) is 0 Å². The number of carboxylic acids is 1. The number of hydrogen-bond donors (Lipinski definition) is 4. The van der Waals surface area contributed by atoms with E-state index in [-0.39, 0.29) is 11.0 Å². The lowest BCUT2D eigenvalue weighted by atomic mass is 9.95. The molecule has 2 unspecified atom stereocenters. The Hall–Kier alpha value is -1.73. The summed E-state index contributed by atoms with van der Waals surface area (Å²) < 4.78 is 11.2. The van der Waals surface area contributed by atoms with Gasteiger partial charge in [-0.1, -0.05) is 19.9 Å². The predicted octanol–water partition coefficient (Wildman–Crippen LogP) is 0.0531. The molecule has 1 amide bonds. The van der Waals surface area contributed by atoms with Crippen molar-refractivity contribution in [1.29, 1.82) is 0 Å². The Morgan fingerprint density at radius 1 is 1.24 bits per heavy atom. The predicted molar refractivity (Wildman–Crippen MR) is 75.8 cm³/mol. The lowest BCUT2D eigenvalue weighted by Gasteiger charge is -2.23. The number of aliphatic carboxylic acids is 1. The number of hydrogen-bond acceptors (Lipinski definition) is 4. The SMILES string of the molecule is CC(C(=O)O)C(C)C(=O)N(N)c1cccc(P(=O)(O)O)c1. The smallest absolute Gasteiger partial charge is 0.356 e. The summed E-state index contributed by atoms with van der Waals surface area (Å²) >= 11 is 0. The molecule has 0 radical (unpaired) electrons. The number of rotatable bonds is 5. The van der Waals surface area contributed by atoms with Crippen LogP contribution in [0.5, 0.6) is 0 Å². The molecule has 0 aliphatic rings. The van der Waals surface area contributed by atoms with E-state index in [0.29, 0.717) is 5.01 Å². The summed E-state index contributed by atoms with van der Waals surface area (Å²) in [4.78, 5) is 41.2. The second kappa shape index (κ2) is 6.36. The normalized spacial score (nSPS) is 14.3. The van der Waals surface area contributed by atoms with Gasteiger partial charge in [-0.05, 0) is 18.2 Å². The quantitative estimate of drug-likeness (QED) is 0.260. The first-order valence-electron chi connectivity index (χ1n) is 6.03. The number of carbonyl (C=O) groups excluding carboxylic acids is 1. The molecular formula is C12H17N2O6P. The molecule has 0 aliphatic heterocycles. The van der Waals surface area contributed by atoms with Gasteiger partial charge < -0.3 is 14.9 Å². The summed E-state index contributed by atoms with van der Waals surface area (Å²) in [5.41, 5.74) is 0.0743. The van der Waals surface area contributed by atoms with Gasteiger partial charge in [0.2, 0.25) is 5.91 Å². The molecule has 0 fully saturated rings. The van der Waals surface area contributed by atoms with Crippen LogP contribution in [0.1, 0.15) is 13.8 Å². The minimum absolute atomic E-state index is 0.0743. The van der Waals surface area contributed by atoms with Gasteiger partial charge in [-0.2, -0.15) is 0 Å². The summed E-state index contributed by atoms with van der Waals surface area (Å²) in [7, 11) is -4.46. The lowest BCUT2D eigenvalue weighted by Crippen LogP contribution is -2.44. The maximum absolute atomic E-state index is 12.1. The van der Waals surface area contributed by atoms with E-state index >= 15 is 0 Å². The highest BCUT2D eigenvalue weighted by molar-refractivity contribution is 7.60. The van der Waals surface area contributed by atoms with Crippen molar-refractivity contribution in [2.75, 3.05) is 5.01 Å². The zero-order valence-electron chi connectivity index (χ0n) is 11.5. The summed E-state index contributed by atoms with van der Waals surface area (Å²) in [6, 6.07) is 5.06. The average molecular weight is 316 g/mol. The van der Waals surface area contributed by atoms with Crippen LogP contribution in [0.15, 0.2) is 24.3 Å². The van der Waals surface area contributed by atoms with E-state index in [1.165, 1.54) is 32.0 Å². The van der Waals surface area contributed by atoms with Crippen LogP contribution in [0.2, 0.25) is 0 Å². The maximum atomic E-state index is 12.1. The fraction of sp³-hybridized carbons (Fsp3) is 0.333. The number of carbonyl (C=O) groups is 2. The van der Waals surface area contributed by atoms with Crippen LogP contribution in [0.4, 0.5) is 5.69 Å². The fourth-order valence-electron chi connectivity index (χ4n) is 1.60. The molecule has 0 saturated heterocycles. The zero-order valence-corrected chi connectivity index (χ0v) is 12.4. The van der Waals surface area contributed by atoms with Crippen molar-refractivity contribution in [1.82, 2.24) is 0 Å². The molecule has 0 spiro atoms. The van der Waals surface area contributed by atoms with Crippen molar-refractivity contribution in [2.45, 2.75) is 13.8 Å². The van der Waals surface area contributed by atoms with Gasteiger partial charge in [0.15, 0.2) is 0 Å². The molecule has 0 bridgehead atoms. The van der Waals surface area contributed by atoms with Crippen LogP contribution in [0, 0.1) is 11.8 Å². The van der Waals surface area contributed by atoms with E-state index in [1.54, 1.807) is 0 Å². The van der Waals surface area contributed by atoms with Crippen LogP contribution >= 0.6 is 7.60 Å². The van der Waals surface area contributed by atoms with Gasteiger partial charge in [-0.25, -0.2) is 10.9 Å². The Kier molecular flexibility index (Phi) is 5.25. The number of anilines is 1. The van der Waals surface area contributed by atoms with Crippen LogP contribution < -0.4 is 16.2 Å². The number of benzene rings is 1. The van der Waals surface area contributed by atoms with E-state index < -0.39 is 31.3 Å². The number of nitrogens with two attached hydrogens (primary N) is 1. The molecule has 0 aromatic heterocycles. The molecule has 1 aromatic carbocycles. The monoisotopic (exact) mass is 316 g/mol. The van der Waals surface area contributed by atoms with Crippen molar-refractivity contribution in [3.05, 3.63) is 24.3 Å². The van der Waals surface area contributed by atoms with E-state index in [1.807, 2.05) is 0 Å². The van der Waals surface area contributed by atoms with Gasteiger partial charge in [0.05, 0.1) is 22.8 Å². The molecule has 0 aliphatic carbocycles. The number of amides is 1. The second-order valence-electron chi connectivity index (χ2n) is 4.69. The molecule has 2 atom stereocenters. The lowest BCUT2D eigenvalue weighted by molar-refractivity contribution is -0.145. The Morgan fingerprint density at radius 3 is 2.29 bits per heavy atom. The van der Waals surface area contributed by atoms with E-state index in [2.05, 4.69) is 0 Å². The zero-order chi connectivity index (χ0) is 16.4. The molecule has 1 rings (SSSR count). The molecule has 0 saturated carbocycles. The minimum atomic E-state index is -4.46. The fourth-order valence-corrected chi connectivity index (χ4v) is 2.18. The van der Waals surface area contributed by atoms with Crippen LogP contribution in [-0.2, 0) is 14.2 Å². The third-order valence-electron chi connectivity index (χ3n) is 3.21. The topological polar surface area (TPSA) is 141 Å². The largest absolute Gasteiger partial charge is 0.481 e. The Balaban J connectivity index is 3.03. The van der Waals surface area contributed by atoms with Gasteiger partial charge in [0, 0.05) is 0 Å². The number of carboxylic acid groups (broad SMARTS) is 1. The summed E-state index contributed by atoms with van der Waals surface area (Å²) in [5, 5.41) is 9.31. The maximum Gasteiger partial charge on any atom is 0.356 e.